The van der Waals surface area contributed by atoms with Crippen molar-refractivity contribution < 1.29 is 14.7 Å². The molecule has 2 aliphatic heterocycles. The van der Waals surface area contributed by atoms with Gasteiger partial charge in [-0.1, -0.05) is 42.5 Å². The lowest BCUT2D eigenvalue weighted by Crippen LogP contribution is -2.70. The fourth-order valence-corrected chi connectivity index (χ4v) is 5.36. The zero-order chi connectivity index (χ0) is 16.8. The number of thiocarbonyl (C=S) groups is 1. The number of nitrogens with one attached hydrogen (secondary N) is 1. The molecule has 0 aromatic heterocycles. The van der Waals surface area contributed by atoms with Crippen molar-refractivity contribution in [3.8, 4) is 0 Å². The van der Waals surface area contributed by atoms with E-state index in [4.69, 9.17) is 12.2 Å². The van der Waals surface area contributed by atoms with E-state index < -0.39 is 16.8 Å². The van der Waals surface area contributed by atoms with Crippen molar-refractivity contribution in [1.82, 2.24) is 10.2 Å². The van der Waals surface area contributed by atoms with Crippen molar-refractivity contribution >= 4 is 40.8 Å². The van der Waals surface area contributed by atoms with Gasteiger partial charge >= 0.3 is 5.97 Å². The van der Waals surface area contributed by atoms with Gasteiger partial charge in [-0.05, 0) is 19.4 Å². The zero-order valence-corrected chi connectivity index (χ0v) is 14.5. The van der Waals surface area contributed by atoms with Crippen molar-refractivity contribution in [2.75, 3.05) is 0 Å². The van der Waals surface area contributed by atoms with Crippen molar-refractivity contribution in [2.24, 2.45) is 0 Å². The van der Waals surface area contributed by atoms with Crippen molar-refractivity contribution in [3.05, 3.63) is 35.9 Å². The topological polar surface area (TPSA) is 69.6 Å². The fourth-order valence-electron chi connectivity index (χ4n) is 3.15. The van der Waals surface area contributed by atoms with Crippen LogP contribution in [-0.2, 0) is 16.0 Å². The molecule has 3 atom stereocenters. The molecule has 0 aliphatic carbocycles. The van der Waals surface area contributed by atoms with Crippen molar-refractivity contribution in [3.63, 3.8) is 0 Å². The summed E-state index contributed by atoms with van der Waals surface area (Å²) in [6.07, 6.45) is 0.295. The van der Waals surface area contributed by atoms with Crippen molar-refractivity contribution in [2.45, 2.75) is 42.5 Å². The van der Waals surface area contributed by atoms with Crippen LogP contribution < -0.4 is 5.32 Å². The van der Waals surface area contributed by atoms with Crippen LogP contribution in [0.3, 0.4) is 0 Å². The molecule has 23 heavy (non-hydrogen) atoms. The Kier molecular flexibility index (Phi) is 4.10. The fraction of sp³-hybridized carbons (Fsp3) is 0.438. The summed E-state index contributed by atoms with van der Waals surface area (Å²) in [5, 5.41) is 12.3. The number of carboxylic acid groups (broad SMARTS) is 1. The van der Waals surface area contributed by atoms with E-state index in [1.807, 2.05) is 44.2 Å². The maximum Gasteiger partial charge on any atom is 0.327 e. The van der Waals surface area contributed by atoms with Crippen LogP contribution in [0.4, 0.5) is 0 Å². The number of thioether (sulfide) groups is 1. The summed E-state index contributed by atoms with van der Waals surface area (Å²) < 4.78 is -0.445. The number of carboxylic acids is 1. The van der Waals surface area contributed by atoms with E-state index in [1.54, 1.807) is 16.7 Å². The Labute approximate surface area is 144 Å². The molecule has 2 heterocycles. The van der Waals surface area contributed by atoms with Crippen molar-refractivity contribution in [1.29, 1.82) is 0 Å². The maximum absolute atomic E-state index is 12.2. The highest BCUT2D eigenvalue weighted by molar-refractivity contribution is 8.02. The standard InChI is InChI=1S/C16H18N2O3S2/c1-16(2)12(15(20)21)18-13(22)11(14(18)23-16)17-10(19)8-9-6-4-3-5-7-9/h3-7,11-12,14H,8H2,1-2H3,(H,17,19)(H,20,21)/t11-,12?,14?/m1/s1. The summed E-state index contributed by atoms with van der Waals surface area (Å²) in [5.74, 6) is -0.971. The number of nitrogens with zero attached hydrogens (tertiary/aromatic N) is 1. The predicted octanol–water partition coefficient (Wildman–Crippen LogP) is 1.66. The number of carbonyl (C=O) groups is 2. The highest BCUT2D eigenvalue weighted by Gasteiger charge is 2.62. The third kappa shape index (κ3) is 2.83. The molecule has 2 N–H and O–H groups in total. The van der Waals surface area contributed by atoms with Crippen LogP contribution in [0.25, 0.3) is 0 Å². The minimum absolute atomic E-state index is 0.0969. The first kappa shape index (κ1) is 16.3. The monoisotopic (exact) mass is 350 g/mol. The molecule has 0 saturated carbocycles. The number of benzene rings is 1. The van der Waals surface area contributed by atoms with Gasteiger partial charge in [0, 0.05) is 4.75 Å². The molecular formula is C16H18N2O3S2. The summed E-state index contributed by atoms with van der Waals surface area (Å²) in [4.78, 5) is 26.0. The van der Waals surface area contributed by atoms with E-state index in [0.717, 1.165) is 5.56 Å². The molecule has 2 saturated heterocycles. The number of hydrogen-bond donors (Lipinski definition) is 2. The molecule has 1 aromatic rings. The van der Waals surface area contributed by atoms with Crippen LogP contribution in [0.2, 0.25) is 0 Å². The molecule has 5 nitrogen and oxygen atoms in total. The van der Waals surface area contributed by atoms with Gasteiger partial charge in [-0.2, -0.15) is 0 Å². The molecule has 0 radical (unpaired) electrons. The molecular weight excluding hydrogens is 332 g/mol. The number of aliphatic carboxylic acids is 1. The highest BCUT2D eigenvalue weighted by Crippen LogP contribution is 2.51. The number of carbonyl (C=O) groups excluding carboxylic acids is 1. The second kappa shape index (κ2) is 5.79. The van der Waals surface area contributed by atoms with E-state index >= 15 is 0 Å². The second-order valence-electron chi connectivity index (χ2n) is 6.31. The molecule has 2 fully saturated rings. The number of amides is 1. The highest BCUT2D eigenvalue weighted by atomic mass is 32.2. The average Bonchev–Trinajstić information content (AvgIpc) is 2.74. The Morgan fingerprint density at radius 3 is 2.61 bits per heavy atom. The van der Waals surface area contributed by atoms with Crippen LogP contribution in [0.15, 0.2) is 30.3 Å². The van der Waals surface area contributed by atoms with Crippen LogP contribution in [0.5, 0.6) is 0 Å². The van der Waals surface area contributed by atoms with E-state index in [1.165, 1.54) is 0 Å². The van der Waals surface area contributed by atoms with Gasteiger partial charge in [0.25, 0.3) is 0 Å². The van der Waals surface area contributed by atoms with Gasteiger partial charge in [-0.3, -0.25) is 4.79 Å². The second-order valence-corrected chi connectivity index (χ2v) is 8.49. The normalized spacial score (nSPS) is 28.0. The first-order valence-corrected chi connectivity index (χ1v) is 8.66. The van der Waals surface area contributed by atoms with Gasteiger partial charge in [-0.15, -0.1) is 11.8 Å². The van der Waals surface area contributed by atoms with E-state index in [0.29, 0.717) is 11.4 Å². The number of fused-ring (bicyclic) bond motifs is 1. The Morgan fingerprint density at radius 1 is 1.35 bits per heavy atom. The number of hydrogen-bond acceptors (Lipinski definition) is 4. The van der Waals surface area contributed by atoms with Gasteiger partial charge in [-0.25, -0.2) is 4.79 Å². The molecule has 0 bridgehead atoms. The van der Waals surface area contributed by atoms with Gasteiger partial charge in [0.05, 0.1) is 6.42 Å². The Morgan fingerprint density at radius 2 is 2.00 bits per heavy atom. The number of rotatable bonds is 4. The Hall–Kier alpha value is -1.60. The van der Waals surface area contributed by atoms with Crippen LogP contribution in [0, 0.1) is 0 Å². The quantitative estimate of drug-likeness (QED) is 0.805. The first-order valence-electron chi connectivity index (χ1n) is 7.37. The summed E-state index contributed by atoms with van der Waals surface area (Å²) in [7, 11) is 0. The first-order chi connectivity index (χ1) is 10.8. The van der Waals surface area contributed by atoms with Crippen LogP contribution in [-0.4, -0.2) is 49.1 Å². The van der Waals surface area contributed by atoms with Gasteiger partial charge in [0.15, 0.2) is 0 Å². The van der Waals surface area contributed by atoms with E-state index in [9.17, 15) is 14.7 Å². The SMILES string of the molecule is CC1(C)SC2[C@H](NC(=O)Cc3ccccc3)C(=S)N2C1C(=O)O. The third-order valence-corrected chi connectivity index (χ3v) is 6.24. The van der Waals surface area contributed by atoms with E-state index in [-0.39, 0.29) is 17.3 Å². The summed E-state index contributed by atoms with van der Waals surface area (Å²) in [5.41, 5.74) is 0.940. The van der Waals surface area contributed by atoms with Gasteiger partial charge in [0.1, 0.15) is 22.4 Å². The smallest absolute Gasteiger partial charge is 0.327 e. The molecule has 2 unspecified atom stereocenters. The predicted molar refractivity (Wildman–Crippen MR) is 93.4 cm³/mol. The average molecular weight is 350 g/mol. The largest absolute Gasteiger partial charge is 0.480 e. The maximum atomic E-state index is 12.2. The van der Waals surface area contributed by atoms with Crippen LogP contribution in [0.1, 0.15) is 19.4 Å². The van der Waals surface area contributed by atoms with Crippen LogP contribution >= 0.6 is 24.0 Å². The minimum atomic E-state index is -0.874. The molecule has 1 aromatic carbocycles. The van der Waals surface area contributed by atoms with Gasteiger partial charge in [0.2, 0.25) is 5.91 Å². The molecule has 122 valence electrons. The molecule has 0 spiro atoms. The Balaban J connectivity index is 1.66. The molecule has 3 rings (SSSR count). The zero-order valence-electron chi connectivity index (χ0n) is 12.9. The molecule has 2 aliphatic rings. The lowest BCUT2D eigenvalue weighted by molar-refractivity contribution is -0.142. The molecule has 7 heteroatoms. The summed E-state index contributed by atoms with van der Waals surface area (Å²) in [6.45, 7) is 3.81. The van der Waals surface area contributed by atoms with E-state index in [2.05, 4.69) is 5.32 Å². The lowest BCUT2D eigenvalue weighted by atomic mass is 9.96. The summed E-state index contributed by atoms with van der Waals surface area (Å²) in [6, 6.07) is 8.58. The third-order valence-electron chi connectivity index (χ3n) is 4.20. The minimum Gasteiger partial charge on any atom is -0.480 e. The van der Waals surface area contributed by atoms with Gasteiger partial charge < -0.3 is 15.3 Å². The molecule has 1 amide bonds. The lowest BCUT2D eigenvalue weighted by Gasteiger charge is -2.46. The summed E-state index contributed by atoms with van der Waals surface area (Å²) >= 11 is 6.92. The Bertz CT molecular complexity index is 663.